The van der Waals surface area contributed by atoms with E-state index >= 15 is 0 Å². The molecule has 0 bridgehead atoms. The molecule has 1 aliphatic rings. The van der Waals surface area contributed by atoms with E-state index in [1.807, 2.05) is 0 Å². The Labute approximate surface area is 81.9 Å². The zero-order valence-electron chi connectivity index (χ0n) is 7.68. The normalized spacial score (nSPS) is 29.2. The van der Waals surface area contributed by atoms with E-state index in [1.165, 1.54) is 11.5 Å². The van der Waals surface area contributed by atoms with E-state index in [1.54, 1.807) is 6.33 Å². The van der Waals surface area contributed by atoms with Crippen molar-refractivity contribution in [1.82, 2.24) is 9.36 Å². The highest BCUT2D eigenvalue weighted by Crippen LogP contribution is 2.24. The lowest BCUT2D eigenvalue weighted by Crippen LogP contribution is -2.45. The molecular weight excluding hydrogens is 184 g/mol. The van der Waals surface area contributed by atoms with Crippen LogP contribution in [-0.4, -0.2) is 28.0 Å². The number of nitrogens with two attached hydrogens (primary N) is 1. The topological polar surface area (TPSA) is 55.0 Å². The minimum absolute atomic E-state index is 0.360. The average Bonchev–Trinajstić information content (AvgIpc) is 2.56. The summed E-state index contributed by atoms with van der Waals surface area (Å²) in [5.41, 5.74) is 5.88. The summed E-state index contributed by atoms with van der Waals surface area (Å²) in [6.07, 6.45) is 3.73. The van der Waals surface area contributed by atoms with Gasteiger partial charge in [0.25, 0.3) is 0 Å². The molecule has 1 saturated heterocycles. The van der Waals surface area contributed by atoms with Crippen LogP contribution in [0.5, 0.6) is 0 Å². The number of piperidine rings is 1. The quantitative estimate of drug-likeness (QED) is 0.727. The molecule has 2 rings (SSSR count). The average molecular weight is 198 g/mol. The Kier molecular flexibility index (Phi) is 2.46. The molecule has 0 radical (unpaired) electrons. The van der Waals surface area contributed by atoms with Gasteiger partial charge in [-0.05, 0) is 19.8 Å². The van der Waals surface area contributed by atoms with E-state index in [0.717, 1.165) is 24.5 Å². The smallest absolute Gasteiger partial charge is 0.205 e. The molecule has 1 aromatic heterocycles. The monoisotopic (exact) mass is 198 g/mol. The number of nitrogens with zero attached hydrogens (tertiary/aromatic N) is 3. The Bertz CT molecular complexity index is 261. The Morgan fingerprint density at radius 2 is 2.54 bits per heavy atom. The van der Waals surface area contributed by atoms with Crippen LogP contribution in [0.2, 0.25) is 0 Å². The first-order valence-corrected chi connectivity index (χ1v) is 5.33. The Morgan fingerprint density at radius 3 is 3.15 bits per heavy atom. The molecule has 1 fully saturated rings. The van der Waals surface area contributed by atoms with Crippen LogP contribution in [0.15, 0.2) is 6.33 Å². The van der Waals surface area contributed by atoms with Crippen LogP contribution < -0.4 is 10.6 Å². The van der Waals surface area contributed by atoms with E-state index in [2.05, 4.69) is 21.2 Å². The third-order valence-electron chi connectivity index (χ3n) is 2.51. The zero-order valence-corrected chi connectivity index (χ0v) is 8.50. The fourth-order valence-corrected chi connectivity index (χ4v) is 2.45. The number of hydrogen-bond acceptors (Lipinski definition) is 5. The van der Waals surface area contributed by atoms with Gasteiger partial charge in [0.1, 0.15) is 6.33 Å². The van der Waals surface area contributed by atoms with Crippen LogP contribution in [0.25, 0.3) is 0 Å². The van der Waals surface area contributed by atoms with E-state index < -0.39 is 0 Å². The summed E-state index contributed by atoms with van der Waals surface area (Å²) in [5.74, 6) is 0. The third kappa shape index (κ3) is 1.81. The fraction of sp³-hybridized carbons (Fsp3) is 0.750. The number of aromatic nitrogens is 2. The second-order valence-corrected chi connectivity index (χ2v) is 4.31. The molecule has 13 heavy (non-hydrogen) atoms. The third-order valence-corrected chi connectivity index (χ3v) is 3.21. The summed E-state index contributed by atoms with van der Waals surface area (Å²) in [7, 11) is 0. The molecule has 0 amide bonds. The van der Waals surface area contributed by atoms with Gasteiger partial charge in [-0.1, -0.05) is 0 Å². The van der Waals surface area contributed by atoms with Gasteiger partial charge in [0.2, 0.25) is 5.13 Å². The van der Waals surface area contributed by atoms with Crippen molar-refractivity contribution in [3.63, 3.8) is 0 Å². The maximum Gasteiger partial charge on any atom is 0.205 e. The SMILES string of the molecule is CC1CC(N)CCN1c1ncns1. The summed E-state index contributed by atoms with van der Waals surface area (Å²) in [6, 6.07) is 0.857. The van der Waals surface area contributed by atoms with Crippen LogP contribution >= 0.6 is 11.5 Å². The molecule has 72 valence electrons. The summed E-state index contributed by atoms with van der Waals surface area (Å²) >= 11 is 1.46. The van der Waals surface area contributed by atoms with Crippen molar-refractivity contribution in [2.75, 3.05) is 11.4 Å². The van der Waals surface area contributed by atoms with Gasteiger partial charge in [-0.25, -0.2) is 4.98 Å². The van der Waals surface area contributed by atoms with Crippen LogP contribution in [0.1, 0.15) is 19.8 Å². The van der Waals surface area contributed by atoms with Gasteiger partial charge in [0, 0.05) is 30.2 Å². The molecule has 4 nitrogen and oxygen atoms in total. The lowest BCUT2D eigenvalue weighted by molar-refractivity contribution is 0.429. The van der Waals surface area contributed by atoms with Gasteiger partial charge in [0.05, 0.1) is 0 Å². The van der Waals surface area contributed by atoms with Gasteiger partial charge in [-0.3, -0.25) is 0 Å². The molecule has 1 aliphatic heterocycles. The molecule has 0 saturated carbocycles. The van der Waals surface area contributed by atoms with Crippen molar-refractivity contribution < 1.29 is 0 Å². The molecule has 0 spiro atoms. The minimum Gasteiger partial charge on any atom is -0.344 e. The first kappa shape index (κ1) is 8.90. The lowest BCUT2D eigenvalue weighted by Gasteiger charge is -2.35. The van der Waals surface area contributed by atoms with E-state index in [-0.39, 0.29) is 0 Å². The predicted molar refractivity (Wildman–Crippen MR) is 53.9 cm³/mol. The predicted octanol–water partition coefficient (Wildman–Crippen LogP) is 0.854. The van der Waals surface area contributed by atoms with Gasteiger partial charge in [0.15, 0.2) is 0 Å². The second-order valence-electron chi connectivity index (χ2n) is 3.55. The number of anilines is 1. The summed E-state index contributed by atoms with van der Waals surface area (Å²) in [5, 5.41) is 1.03. The van der Waals surface area contributed by atoms with Crippen molar-refractivity contribution in [1.29, 1.82) is 0 Å². The van der Waals surface area contributed by atoms with Crippen LogP contribution in [0.4, 0.5) is 5.13 Å². The molecule has 2 unspecified atom stereocenters. The van der Waals surface area contributed by atoms with Crippen LogP contribution in [0, 0.1) is 0 Å². The van der Waals surface area contributed by atoms with E-state index in [0.29, 0.717) is 12.1 Å². The molecule has 2 heterocycles. The molecule has 2 atom stereocenters. The standard InChI is InChI=1S/C8H14N4S/c1-6-4-7(9)2-3-12(6)8-10-5-11-13-8/h5-7H,2-4,9H2,1H3. The van der Waals surface area contributed by atoms with E-state index in [9.17, 15) is 0 Å². The van der Waals surface area contributed by atoms with Gasteiger partial charge >= 0.3 is 0 Å². The minimum atomic E-state index is 0.360. The highest BCUT2D eigenvalue weighted by Gasteiger charge is 2.24. The fourth-order valence-electron chi connectivity index (χ4n) is 1.79. The Balaban J connectivity index is 2.08. The zero-order chi connectivity index (χ0) is 9.26. The van der Waals surface area contributed by atoms with Crippen molar-refractivity contribution in [3.05, 3.63) is 6.33 Å². The first-order chi connectivity index (χ1) is 6.27. The molecular formula is C8H14N4S. The van der Waals surface area contributed by atoms with Gasteiger partial charge in [-0.15, -0.1) is 0 Å². The van der Waals surface area contributed by atoms with Crippen molar-refractivity contribution in [3.8, 4) is 0 Å². The van der Waals surface area contributed by atoms with Crippen LogP contribution in [-0.2, 0) is 0 Å². The molecule has 5 heteroatoms. The van der Waals surface area contributed by atoms with Crippen molar-refractivity contribution in [2.45, 2.75) is 31.8 Å². The van der Waals surface area contributed by atoms with Crippen LogP contribution in [0.3, 0.4) is 0 Å². The lowest BCUT2D eigenvalue weighted by atomic mass is 10.00. The maximum absolute atomic E-state index is 5.88. The van der Waals surface area contributed by atoms with E-state index in [4.69, 9.17) is 5.73 Å². The number of rotatable bonds is 1. The summed E-state index contributed by atoms with van der Waals surface area (Å²) in [4.78, 5) is 6.50. The highest BCUT2D eigenvalue weighted by atomic mass is 32.1. The van der Waals surface area contributed by atoms with Crippen molar-refractivity contribution >= 4 is 16.7 Å². The van der Waals surface area contributed by atoms with Crippen molar-refractivity contribution in [2.24, 2.45) is 5.73 Å². The highest BCUT2D eigenvalue weighted by molar-refractivity contribution is 7.09. The second kappa shape index (κ2) is 3.59. The molecule has 0 aliphatic carbocycles. The molecule has 0 aromatic carbocycles. The summed E-state index contributed by atoms with van der Waals surface area (Å²) < 4.78 is 4.01. The molecule has 2 N–H and O–H groups in total. The number of hydrogen-bond donors (Lipinski definition) is 1. The molecule has 1 aromatic rings. The maximum atomic E-state index is 5.88. The Hall–Kier alpha value is -0.680. The first-order valence-electron chi connectivity index (χ1n) is 4.56. The summed E-state index contributed by atoms with van der Waals surface area (Å²) in [6.45, 7) is 3.21. The largest absolute Gasteiger partial charge is 0.344 e. The Morgan fingerprint density at radius 1 is 1.69 bits per heavy atom. The van der Waals surface area contributed by atoms with Gasteiger partial charge < -0.3 is 10.6 Å². The van der Waals surface area contributed by atoms with Gasteiger partial charge in [-0.2, -0.15) is 4.37 Å².